The molecule has 0 amide bonds. The number of rotatable bonds is 10. The summed E-state index contributed by atoms with van der Waals surface area (Å²) in [5.74, 6) is 0. The van der Waals surface area contributed by atoms with E-state index in [9.17, 15) is 0 Å². The van der Waals surface area contributed by atoms with Crippen LogP contribution in [0.3, 0.4) is 0 Å². The highest BCUT2D eigenvalue weighted by Gasteiger charge is 2.10. The Hall–Kier alpha value is -5.74. The molecule has 0 saturated carbocycles. The lowest BCUT2D eigenvalue weighted by Gasteiger charge is -2.04. The lowest BCUT2D eigenvalue weighted by atomic mass is 10.1. The van der Waals surface area contributed by atoms with Crippen molar-refractivity contribution < 1.29 is 18.3 Å². The van der Waals surface area contributed by atoms with Crippen molar-refractivity contribution in [2.45, 2.75) is 26.2 Å². The molecule has 0 spiro atoms. The van der Waals surface area contributed by atoms with Crippen molar-refractivity contribution >= 4 is 0 Å². The first-order chi connectivity index (χ1) is 22.7. The predicted molar refractivity (Wildman–Crippen MR) is 180 cm³/mol. The molecular weight excluding hydrogens is 560 g/mol. The van der Waals surface area contributed by atoms with E-state index in [0.717, 1.165) is 26.2 Å². The highest BCUT2D eigenvalue weighted by atomic mass is 14.9. The molecule has 4 nitrogen and oxygen atoms in total. The number of aromatic nitrogens is 4. The zero-order valence-electron chi connectivity index (χ0n) is 25.9. The van der Waals surface area contributed by atoms with Crippen LogP contribution in [0.2, 0.25) is 0 Å². The lowest BCUT2D eigenvalue weighted by Crippen LogP contribution is -2.34. The zero-order valence-corrected chi connectivity index (χ0v) is 25.9. The minimum Gasteiger partial charge on any atom is -0.201 e. The molecule has 0 atom stereocenters. The van der Waals surface area contributed by atoms with E-state index < -0.39 is 0 Å². The van der Waals surface area contributed by atoms with Crippen LogP contribution >= 0.6 is 0 Å². The minimum absolute atomic E-state index is 0.844. The van der Waals surface area contributed by atoms with Gasteiger partial charge in [-0.05, 0) is 22.3 Å². The van der Waals surface area contributed by atoms with Gasteiger partial charge in [0.15, 0.2) is 75.8 Å². The monoisotopic (exact) mass is 598 g/mol. The number of benzene rings is 3. The Balaban J connectivity index is 0.920. The van der Waals surface area contributed by atoms with Crippen LogP contribution < -0.4 is 18.3 Å². The third kappa shape index (κ3) is 7.48. The molecule has 7 rings (SSSR count). The number of hydrogen-bond donors (Lipinski definition) is 0. The van der Waals surface area contributed by atoms with Crippen molar-refractivity contribution in [2.24, 2.45) is 0 Å². The van der Waals surface area contributed by atoms with Crippen LogP contribution in [0, 0.1) is 0 Å². The zero-order chi connectivity index (χ0) is 31.0. The molecule has 0 bridgehead atoms. The Kier molecular flexibility index (Phi) is 8.77. The standard InChI is InChI=1S/C42H38N4/c1-3-7-35(8-4-1)31-43-23-15-39(16-24-43)41-19-27-45(28-20-41)33-37-11-13-38(14-12-37)34-46-29-21-42(22-30-46)40-17-25-44(26-18-40)32-36-9-5-2-6-10-36/h1-30H,31-34H2/q+4. The van der Waals surface area contributed by atoms with E-state index in [1.165, 1.54) is 44.5 Å². The quantitative estimate of drug-likeness (QED) is 0.163. The van der Waals surface area contributed by atoms with Gasteiger partial charge in [0.25, 0.3) is 0 Å². The van der Waals surface area contributed by atoms with Gasteiger partial charge in [-0.2, -0.15) is 0 Å². The van der Waals surface area contributed by atoms with Crippen LogP contribution in [-0.2, 0) is 26.2 Å². The van der Waals surface area contributed by atoms with Gasteiger partial charge in [-0.15, -0.1) is 0 Å². The number of nitrogens with zero attached hydrogens (tertiary/aromatic N) is 4. The summed E-state index contributed by atoms with van der Waals surface area (Å²) in [5.41, 5.74) is 10.1. The molecule has 46 heavy (non-hydrogen) atoms. The fourth-order valence-corrected chi connectivity index (χ4v) is 5.78. The van der Waals surface area contributed by atoms with Crippen LogP contribution in [0.15, 0.2) is 183 Å². The van der Waals surface area contributed by atoms with Crippen molar-refractivity contribution in [3.05, 3.63) is 205 Å². The van der Waals surface area contributed by atoms with Gasteiger partial charge in [-0.1, -0.05) is 84.9 Å². The second-order valence-electron chi connectivity index (χ2n) is 11.8. The third-order valence-corrected chi connectivity index (χ3v) is 8.40. The maximum Gasteiger partial charge on any atom is 0.173 e. The maximum atomic E-state index is 2.24. The van der Waals surface area contributed by atoms with Crippen LogP contribution in [0.4, 0.5) is 0 Å². The van der Waals surface area contributed by atoms with Crippen molar-refractivity contribution in [3.8, 4) is 22.3 Å². The SMILES string of the molecule is c1ccc(C[n+]2ccc(-c3cc[n+](Cc4ccc(C[n+]5ccc(-c6cc[n+](Cc7ccccc7)cc6)cc5)cc4)cc3)cc2)cc1. The van der Waals surface area contributed by atoms with E-state index in [2.05, 4.69) is 201 Å². The van der Waals surface area contributed by atoms with E-state index in [1.807, 2.05) is 0 Å². The molecule has 7 aromatic rings. The Morgan fingerprint density at radius 1 is 0.239 bits per heavy atom. The van der Waals surface area contributed by atoms with Gasteiger partial charge in [0.05, 0.1) is 0 Å². The summed E-state index contributed by atoms with van der Waals surface area (Å²) in [7, 11) is 0. The maximum absolute atomic E-state index is 2.24. The fourth-order valence-electron chi connectivity index (χ4n) is 5.78. The van der Waals surface area contributed by atoms with Crippen molar-refractivity contribution in [1.82, 2.24) is 0 Å². The summed E-state index contributed by atoms with van der Waals surface area (Å²) in [5, 5.41) is 0. The van der Waals surface area contributed by atoms with Gasteiger partial charge < -0.3 is 0 Å². The molecule has 0 unspecified atom stereocenters. The smallest absolute Gasteiger partial charge is 0.173 e. The summed E-state index contributed by atoms with van der Waals surface area (Å²) in [4.78, 5) is 0. The van der Waals surface area contributed by atoms with Gasteiger partial charge in [-0.25, -0.2) is 18.3 Å². The first-order valence-electron chi connectivity index (χ1n) is 15.9. The van der Waals surface area contributed by atoms with Gasteiger partial charge >= 0.3 is 0 Å². The van der Waals surface area contributed by atoms with Crippen LogP contribution in [-0.4, -0.2) is 0 Å². The predicted octanol–water partition coefficient (Wildman–Crippen LogP) is 6.36. The molecule has 4 heterocycles. The first kappa shape index (κ1) is 29.0. The van der Waals surface area contributed by atoms with E-state index in [1.54, 1.807) is 0 Å². The molecule has 3 aromatic carbocycles. The topological polar surface area (TPSA) is 15.5 Å². The lowest BCUT2D eigenvalue weighted by molar-refractivity contribution is -0.689. The van der Waals surface area contributed by atoms with Crippen molar-refractivity contribution in [2.75, 3.05) is 0 Å². The van der Waals surface area contributed by atoms with Gasteiger partial charge in [0.2, 0.25) is 0 Å². The molecule has 4 aromatic heterocycles. The second-order valence-corrected chi connectivity index (χ2v) is 11.8. The molecule has 0 aliphatic heterocycles. The van der Waals surface area contributed by atoms with Crippen molar-refractivity contribution in [3.63, 3.8) is 0 Å². The largest absolute Gasteiger partial charge is 0.201 e. The molecule has 222 valence electrons. The Labute approximate surface area is 271 Å². The molecule has 0 N–H and O–H groups in total. The van der Waals surface area contributed by atoms with Crippen LogP contribution in [0.25, 0.3) is 22.3 Å². The summed E-state index contributed by atoms with van der Waals surface area (Å²) >= 11 is 0. The average Bonchev–Trinajstić information content (AvgIpc) is 3.12. The summed E-state index contributed by atoms with van der Waals surface area (Å²) in [6, 6.07) is 47.6. The van der Waals surface area contributed by atoms with E-state index in [0.29, 0.717) is 0 Å². The van der Waals surface area contributed by atoms with Crippen LogP contribution in [0.1, 0.15) is 22.3 Å². The normalized spacial score (nSPS) is 11.0. The Morgan fingerprint density at radius 2 is 0.457 bits per heavy atom. The fraction of sp³-hybridized carbons (Fsp3) is 0.0952. The third-order valence-electron chi connectivity index (χ3n) is 8.40. The number of hydrogen-bond acceptors (Lipinski definition) is 0. The van der Waals surface area contributed by atoms with Crippen molar-refractivity contribution in [1.29, 1.82) is 0 Å². The summed E-state index contributed by atoms with van der Waals surface area (Å²) in [6.07, 6.45) is 17.3. The molecule has 4 heteroatoms. The summed E-state index contributed by atoms with van der Waals surface area (Å²) < 4.78 is 8.89. The highest BCUT2D eigenvalue weighted by molar-refractivity contribution is 5.61. The molecule has 0 saturated heterocycles. The Bertz CT molecular complexity index is 1820. The number of pyridine rings is 4. The minimum atomic E-state index is 0.844. The summed E-state index contributed by atoms with van der Waals surface area (Å²) in [6.45, 7) is 3.45. The Morgan fingerprint density at radius 3 is 0.696 bits per heavy atom. The molecule has 0 aliphatic rings. The first-order valence-corrected chi connectivity index (χ1v) is 15.9. The average molecular weight is 599 g/mol. The van der Waals surface area contributed by atoms with Crippen LogP contribution in [0.5, 0.6) is 0 Å². The molecule has 0 fully saturated rings. The molecule has 0 radical (unpaired) electrons. The molecule has 0 aliphatic carbocycles. The van der Waals surface area contributed by atoms with E-state index in [4.69, 9.17) is 0 Å². The van der Waals surface area contributed by atoms with E-state index in [-0.39, 0.29) is 0 Å². The van der Waals surface area contributed by atoms with Gasteiger partial charge in [0, 0.05) is 70.8 Å². The van der Waals surface area contributed by atoms with Gasteiger partial charge in [-0.3, -0.25) is 0 Å². The second kappa shape index (κ2) is 13.9. The molecular formula is C42H38N4+4. The van der Waals surface area contributed by atoms with Gasteiger partial charge in [0.1, 0.15) is 0 Å². The highest BCUT2D eigenvalue weighted by Crippen LogP contribution is 2.17. The van der Waals surface area contributed by atoms with E-state index >= 15 is 0 Å².